The van der Waals surface area contributed by atoms with Crippen molar-refractivity contribution in [2.45, 2.75) is 11.8 Å². The summed E-state index contributed by atoms with van der Waals surface area (Å²) in [7, 11) is 0. The van der Waals surface area contributed by atoms with Crippen LogP contribution < -0.4 is 0 Å². The van der Waals surface area contributed by atoms with E-state index in [1.807, 2.05) is 12.1 Å². The van der Waals surface area contributed by atoms with Crippen LogP contribution >= 0.6 is 27.3 Å². The van der Waals surface area contributed by atoms with E-state index in [1.165, 1.54) is 12.1 Å². The number of fused-ring (bicyclic) bond motifs is 1. The standard InChI is InChI=1S/C16H11BrF2S/c1-9-6-11(3-5-13(9)19)16(17)15-7-10-2-4-12(18)8-14(10)20-15/h2-8,16H,1H3. The molecule has 0 aliphatic heterocycles. The summed E-state index contributed by atoms with van der Waals surface area (Å²) >= 11 is 5.19. The van der Waals surface area contributed by atoms with Crippen molar-refractivity contribution in [3.8, 4) is 0 Å². The lowest BCUT2D eigenvalue weighted by atomic mass is 10.1. The van der Waals surface area contributed by atoms with Crippen LogP contribution in [0.4, 0.5) is 8.78 Å². The van der Waals surface area contributed by atoms with Gasteiger partial charge in [-0.1, -0.05) is 34.1 Å². The third-order valence-corrected chi connectivity index (χ3v) is 5.71. The van der Waals surface area contributed by atoms with Gasteiger partial charge in [0, 0.05) is 9.58 Å². The molecule has 102 valence electrons. The third kappa shape index (κ3) is 2.50. The number of hydrogen-bond donors (Lipinski definition) is 0. The van der Waals surface area contributed by atoms with Crippen molar-refractivity contribution in [3.63, 3.8) is 0 Å². The van der Waals surface area contributed by atoms with Gasteiger partial charge in [-0.15, -0.1) is 11.3 Å². The second kappa shape index (κ2) is 5.26. The highest BCUT2D eigenvalue weighted by Gasteiger charge is 2.15. The maximum atomic E-state index is 13.3. The fraction of sp³-hybridized carbons (Fsp3) is 0.125. The molecule has 4 heteroatoms. The molecule has 0 N–H and O–H groups in total. The van der Waals surface area contributed by atoms with Crippen LogP contribution in [-0.4, -0.2) is 0 Å². The van der Waals surface area contributed by atoms with Crippen molar-refractivity contribution in [2.24, 2.45) is 0 Å². The second-order valence-corrected chi connectivity index (χ2v) is 6.73. The first-order valence-electron chi connectivity index (χ1n) is 6.14. The maximum Gasteiger partial charge on any atom is 0.126 e. The van der Waals surface area contributed by atoms with Crippen molar-refractivity contribution < 1.29 is 8.78 Å². The Hall–Kier alpha value is -1.26. The first kappa shape index (κ1) is 13.7. The second-order valence-electron chi connectivity index (χ2n) is 4.70. The van der Waals surface area contributed by atoms with Crippen LogP contribution in [0.15, 0.2) is 42.5 Å². The lowest BCUT2D eigenvalue weighted by molar-refractivity contribution is 0.618. The topological polar surface area (TPSA) is 0 Å². The summed E-state index contributed by atoms with van der Waals surface area (Å²) in [4.78, 5) is 1.07. The molecular weight excluding hydrogens is 342 g/mol. The highest BCUT2D eigenvalue weighted by molar-refractivity contribution is 9.09. The zero-order chi connectivity index (χ0) is 14.3. The van der Waals surface area contributed by atoms with Gasteiger partial charge in [-0.25, -0.2) is 8.78 Å². The molecule has 1 unspecified atom stereocenters. The van der Waals surface area contributed by atoms with Gasteiger partial charge in [-0.3, -0.25) is 0 Å². The van der Waals surface area contributed by atoms with E-state index in [2.05, 4.69) is 15.9 Å². The van der Waals surface area contributed by atoms with Gasteiger partial charge in [0.2, 0.25) is 0 Å². The molecule has 0 aliphatic rings. The Kier molecular flexibility index (Phi) is 3.61. The van der Waals surface area contributed by atoms with Gasteiger partial charge in [0.05, 0.1) is 4.83 Å². The minimum atomic E-state index is -0.227. The van der Waals surface area contributed by atoms with Crippen LogP contribution in [0.2, 0.25) is 0 Å². The molecule has 0 bridgehead atoms. The summed E-state index contributed by atoms with van der Waals surface area (Å²) in [5.41, 5.74) is 1.62. The van der Waals surface area contributed by atoms with E-state index in [4.69, 9.17) is 0 Å². The summed E-state index contributed by atoms with van der Waals surface area (Å²) in [6.45, 7) is 1.75. The van der Waals surface area contributed by atoms with Crippen molar-refractivity contribution in [2.75, 3.05) is 0 Å². The number of benzene rings is 2. The fourth-order valence-electron chi connectivity index (χ4n) is 2.14. The molecular formula is C16H11BrF2S. The lowest BCUT2D eigenvalue weighted by Gasteiger charge is -2.09. The van der Waals surface area contributed by atoms with Gasteiger partial charge in [-0.2, -0.15) is 0 Å². The zero-order valence-corrected chi connectivity index (χ0v) is 13.1. The molecule has 3 rings (SSSR count). The largest absolute Gasteiger partial charge is 0.207 e. The summed E-state index contributed by atoms with van der Waals surface area (Å²) in [5, 5.41) is 1.02. The van der Waals surface area contributed by atoms with Crippen LogP contribution in [0.3, 0.4) is 0 Å². The predicted octanol–water partition coefficient (Wildman–Crippen LogP) is 5.97. The fourth-order valence-corrected chi connectivity index (χ4v) is 3.93. The number of thiophene rings is 1. The molecule has 2 aromatic carbocycles. The molecule has 3 aromatic rings. The van der Waals surface area contributed by atoms with Gasteiger partial charge in [0.1, 0.15) is 11.6 Å². The Bertz CT molecular complexity index is 779. The summed E-state index contributed by atoms with van der Waals surface area (Å²) in [6.07, 6.45) is 0. The predicted molar refractivity (Wildman–Crippen MR) is 83.7 cm³/mol. The van der Waals surface area contributed by atoms with Crippen molar-refractivity contribution in [3.05, 3.63) is 70.1 Å². The lowest BCUT2D eigenvalue weighted by Crippen LogP contribution is -1.92. The Morgan fingerprint density at radius 3 is 2.60 bits per heavy atom. The zero-order valence-electron chi connectivity index (χ0n) is 10.7. The Morgan fingerprint density at radius 1 is 1.05 bits per heavy atom. The van der Waals surface area contributed by atoms with E-state index in [0.29, 0.717) is 5.56 Å². The molecule has 1 heterocycles. The summed E-state index contributed by atoms with van der Waals surface area (Å²) < 4.78 is 27.5. The van der Waals surface area contributed by atoms with Gasteiger partial charge in [0.15, 0.2) is 0 Å². The Balaban J connectivity index is 2.02. The molecule has 0 saturated heterocycles. The van der Waals surface area contributed by atoms with E-state index in [0.717, 1.165) is 20.5 Å². The van der Waals surface area contributed by atoms with Crippen LogP contribution in [0, 0.1) is 18.6 Å². The Labute approximate surface area is 128 Å². The van der Waals surface area contributed by atoms with E-state index >= 15 is 0 Å². The van der Waals surface area contributed by atoms with Crippen LogP contribution in [0.5, 0.6) is 0 Å². The van der Waals surface area contributed by atoms with E-state index in [-0.39, 0.29) is 16.5 Å². The first-order valence-corrected chi connectivity index (χ1v) is 7.87. The van der Waals surface area contributed by atoms with E-state index in [1.54, 1.807) is 36.5 Å². The van der Waals surface area contributed by atoms with Gasteiger partial charge in [0.25, 0.3) is 0 Å². The quantitative estimate of drug-likeness (QED) is 0.498. The summed E-state index contributed by atoms with van der Waals surface area (Å²) in [5.74, 6) is -0.429. The van der Waals surface area contributed by atoms with E-state index < -0.39 is 0 Å². The number of rotatable bonds is 2. The minimum Gasteiger partial charge on any atom is -0.207 e. The summed E-state index contributed by atoms with van der Waals surface area (Å²) in [6, 6.07) is 11.9. The maximum absolute atomic E-state index is 13.3. The molecule has 0 aliphatic carbocycles. The Morgan fingerprint density at radius 2 is 1.85 bits per heavy atom. The number of halogens is 3. The monoisotopic (exact) mass is 352 g/mol. The van der Waals surface area contributed by atoms with Crippen LogP contribution in [-0.2, 0) is 0 Å². The molecule has 0 saturated carbocycles. The van der Waals surface area contributed by atoms with Crippen molar-refractivity contribution >= 4 is 37.4 Å². The molecule has 1 aromatic heterocycles. The molecule has 0 spiro atoms. The molecule has 0 amide bonds. The smallest absolute Gasteiger partial charge is 0.126 e. The molecule has 0 fully saturated rings. The average Bonchev–Trinajstić information content (AvgIpc) is 2.84. The van der Waals surface area contributed by atoms with Gasteiger partial charge >= 0.3 is 0 Å². The number of aryl methyl sites for hydroxylation is 1. The average molecular weight is 353 g/mol. The van der Waals surface area contributed by atoms with Crippen LogP contribution in [0.25, 0.3) is 10.1 Å². The molecule has 0 radical (unpaired) electrons. The van der Waals surface area contributed by atoms with Gasteiger partial charge in [-0.05, 0) is 47.7 Å². The van der Waals surface area contributed by atoms with Crippen LogP contribution in [0.1, 0.15) is 20.8 Å². The minimum absolute atomic E-state index is 0.0118. The van der Waals surface area contributed by atoms with E-state index in [9.17, 15) is 8.78 Å². The molecule has 1 atom stereocenters. The normalized spacial score (nSPS) is 12.8. The van der Waals surface area contributed by atoms with Gasteiger partial charge < -0.3 is 0 Å². The highest BCUT2D eigenvalue weighted by atomic mass is 79.9. The number of hydrogen-bond acceptors (Lipinski definition) is 1. The van der Waals surface area contributed by atoms with Crippen molar-refractivity contribution in [1.29, 1.82) is 0 Å². The molecule has 0 nitrogen and oxygen atoms in total. The third-order valence-electron chi connectivity index (χ3n) is 3.23. The SMILES string of the molecule is Cc1cc(C(Br)c2cc3ccc(F)cc3s2)ccc1F. The molecule has 20 heavy (non-hydrogen) atoms. The first-order chi connectivity index (χ1) is 9.54. The highest BCUT2D eigenvalue weighted by Crippen LogP contribution is 2.38. The van der Waals surface area contributed by atoms with Crippen molar-refractivity contribution in [1.82, 2.24) is 0 Å². The number of alkyl halides is 1.